The summed E-state index contributed by atoms with van der Waals surface area (Å²) < 4.78 is 32.2. The van der Waals surface area contributed by atoms with E-state index >= 15 is 0 Å². The van der Waals surface area contributed by atoms with Gasteiger partial charge in [-0.25, -0.2) is 12.7 Å². The van der Waals surface area contributed by atoms with Crippen LogP contribution in [0.1, 0.15) is 31.4 Å². The molecule has 0 atom stereocenters. The number of carbonyl (C=O) groups excluding carboxylic acids is 1. The zero-order valence-electron chi connectivity index (χ0n) is 16.9. The second-order valence-corrected chi connectivity index (χ2v) is 9.37. The molecule has 5 nitrogen and oxygen atoms in total. The van der Waals surface area contributed by atoms with Crippen molar-refractivity contribution in [2.75, 3.05) is 13.7 Å². The van der Waals surface area contributed by atoms with Crippen LogP contribution in [0.5, 0.6) is 5.75 Å². The van der Waals surface area contributed by atoms with E-state index in [0.717, 1.165) is 21.0 Å². The van der Waals surface area contributed by atoms with Gasteiger partial charge in [-0.1, -0.05) is 50.3 Å². The molecule has 6 heteroatoms. The number of sulfonamides is 1. The number of amides is 1. The fourth-order valence-electron chi connectivity index (χ4n) is 3.64. The lowest BCUT2D eigenvalue weighted by Crippen LogP contribution is -2.37. The van der Waals surface area contributed by atoms with Crippen LogP contribution in [-0.2, 0) is 20.2 Å². The van der Waals surface area contributed by atoms with Crippen LogP contribution < -0.4 is 4.74 Å². The summed E-state index contributed by atoms with van der Waals surface area (Å²) in [5.41, 5.74) is 2.77. The molecule has 3 rings (SSSR count). The molecule has 0 spiro atoms. The van der Waals surface area contributed by atoms with Gasteiger partial charge >= 0.3 is 0 Å². The second kappa shape index (κ2) is 7.87. The zero-order valence-corrected chi connectivity index (χ0v) is 17.7. The van der Waals surface area contributed by atoms with Gasteiger partial charge in [0.2, 0.25) is 5.91 Å². The Morgan fingerprint density at radius 1 is 1.14 bits per heavy atom. The minimum Gasteiger partial charge on any atom is -0.497 e. The van der Waals surface area contributed by atoms with Crippen molar-refractivity contribution in [1.29, 1.82) is 0 Å². The number of benzene rings is 2. The summed E-state index contributed by atoms with van der Waals surface area (Å²) in [6.07, 6.45) is 3.46. The third kappa shape index (κ3) is 3.98. The number of ether oxygens (including phenoxy) is 1. The van der Waals surface area contributed by atoms with Crippen molar-refractivity contribution in [2.24, 2.45) is 0 Å². The molecule has 0 radical (unpaired) electrons. The summed E-state index contributed by atoms with van der Waals surface area (Å²) in [6, 6.07) is 13.9. The molecule has 1 aliphatic carbocycles. The molecule has 1 amide bonds. The number of carbonyl (C=O) groups is 1. The first-order valence-electron chi connectivity index (χ1n) is 9.33. The van der Waals surface area contributed by atoms with Crippen molar-refractivity contribution in [1.82, 2.24) is 4.31 Å². The van der Waals surface area contributed by atoms with Crippen LogP contribution in [0.25, 0.3) is 5.57 Å². The second-order valence-electron chi connectivity index (χ2n) is 7.51. The number of methoxy groups -OCH3 is 1. The maximum Gasteiger partial charge on any atom is 0.266 e. The van der Waals surface area contributed by atoms with Gasteiger partial charge in [-0.3, -0.25) is 4.79 Å². The van der Waals surface area contributed by atoms with Gasteiger partial charge < -0.3 is 4.74 Å². The molecule has 0 saturated carbocycles. The van der Waals surface area contributed by atoms with Crippen LogP contribution in [0.15, 0.2) is 72.2 Å². The Balaban J connectivity index is 1.91. The van der Waals surface area contributed by atoms with Crippen LogP contribution in [-0.4, -0.2) is 32.3 Å². The summed E-state index contributed by atoms with van der Waals surface area (Å²) in [5.74, 6) is 0.0555. The molecule has 152 valence electrons. The van der Waals surface area contributed by atoms with Crippen molar-refractivity contribution in [2.45, 2.75) is 30.6 Å². The van der Waals surface area contributed by atoms with Gasteiger partial charge in [0.1, 0.15) is 5.75 Å². The van der Waals surface area contributed by atoms with Crippen molar-refractivity contribution in [3.8, 4) is 5.75 Å². The first-order valence-corrected chi connectivity index (χ1v) is 10.8. The normalized spacial score (nSPS) is 14.7. The molecule has 2 aromatic carbocycles. The van der Waals surface area contributed by atoms with E-state index in [1.807, 2.05) is 30.3 Å². The van der Waals surface area contributed by atoms with E-state index in [0.29, 0.717) is 5.75 Å². The highest BCUT2D eigenvalue weighted by atomic mass is 32.2. The van der Waals surface area contributed by atoms with Gasteiger partial charge in [-0.15, -0.1) is 6.58 Å². The first kappa shape index (κ1) is 20.9. The highest BCUT2D eigenvalue weighted by Crippen LogP contribution is 2.41. The maximum atomic E-state index is 13.1. The van der Waals surface area contributed by atoms with Gasteiger partial charge in [0.15, 0.2) is 0 Å². The van der Waals surface area contributed by atoms with Gasteiger partial charge in [-0.05, 0) is 41.0 Å². The van der Waals surface area contributed by atoms with Gasteiger partial charge in [0.25, 0.3) is 10.0 Å². The quantitative estimate of drug-likeness (QED) is 0.642. The van der Waals surface area contributed by atoms with E-state index in [1.165, 1.54) is 25.3 Å². The van der Waals surface area contributed by atoms with E-state index in [1.54, 1.807) is 12.1 Å². The van der Waals surface area contributed by atoms with Crippen molar-refractivity contribution in [3.05, 3.63) is 78.4 Å². The SMILES string of the molecule is C=CCN(C(=O)CC1=CC(C)(C)c2ccccc21)S(=O)(=O)c1ccc(OC)cc1. The number of nitrogens with zero attached hydrogens (tertiary/aromatic N) is 1. The summed E-state index contributed by atoms with van der Waals surface area (Å²) in [5, 5.41) is 0. The Morgan fingerprint density at radius 2 is 1.79 bits per heavy atom. The zero-order chi connectivity index (χ0) is 21.2. The maximum absolute atomic E-state index is 13.1. The summed E-state index contributed by atoms with van der Waals surface area (Å²) in [6.45, 7) is 7.69. The largest absolute Gasteiger partial charge is 0.497 e. The molecule has 0 heterocycles. The Morgan fingerprint density at radius 3 is 2.41 bits per heavy atom. The van der Waals surface area contributed by atoms with E-state index in [4.69, 9.17) is 4.74 Å². The number of hydrogen-bond donors (Lipinski definition) is 0. The molecule has 2 aromatic rings. The van der Waals surface area contributed by atoms with Crippen LogP contribution in [0, 0.1) is 0 Å². The minimum absolute atomic E-state index is 0.00364. The predicted octanol–water partition coefficient (Wildman–Crippen LogP) is 4.16. The van der Waals surface area contributed by atoms with Crippen LogP contribution in [0.3, 0.4) is 0 Å². The van der Waals surface area contributed by atoms with Crippen molar-refractivity contribution >= 4 is 21.5 Å². The van der Waals surface area contributed by atoms with Gasteiger partial charge in [0.05, 0.1) is 25.0 Å². The summed E-state index contributed by atoms with van der Waals surface area (Å²) in [4.78, 5) is 13.1. The minimum atomic E-state index is -4.01. The Bertz CT molecular complexity index is 1070. The smallest absolute Gasteiger partial charge is 0.266 e. The third-order valence-corrected chi connectivity index (χ3v) is 6.87. The molecule has 0 fully saturated rings. The molecule has 0 aliphatic heterocycles. The van der Waals surface area contributed by atoms with Gasteiger partial charge in [-0.2, -0.15) is 0 Å². The molecule has 0 saturated heterocycles. The van der Waals surface area contributed by atoms with E-state index in [-0.39, 0.29) is 23.3 Å². The highest BCUT2D eigenvalue weighted by molar-refractivity contribution is 7.89. The molecular formula is C23H25NO4S. The molecule has 0 aromatic heterocycles. The first-order chi connectivity index (χ1) is 13.7. The average molecular weight is 412 g/mol. The molecule has 0 unspecified atom stereocenters. The monoisotopic (exact) mass is 411 g/mol. The summed E-state index contributed by atoms with van der Waals surface area (Å²) >= 11 is 0. The van der Waals surface area contributed by atoms with E-state index < -0.39 is 15.9 Å². The average Bonchev–Trinajstić information content (AvgIpc) is 2.96. The Hall–Kier alpha value is -2.86. The lowest BCUT2D eigenvalue weighted by molar-refractivity contribution is -0.125. The van der Waals surface area contributed by atoms with E-state index in [9.17, 15) is 13.2 Å². The van der Waals surface area contributed by atoms with Crippen LogP contribution in [0.2, 0.25) is 0 Å². The van der Waals surface area contributed by atoms with Crippen LogP contribution in [0.4, 0.5) is 0 Å². The number of allylic oxidation sites excluding steroid dienone is 1. The lowest BCUT2D eigenvalue weighted by atomic mass is 9.87. The topological polar surface area (TPSA) is 63.7 Å². The number of hydrogen-bond acceptors (Lipinski definition) is 4. The Labute approximate surface area is 172 Å². The third-order valence-electron chi connectivity index (χ3n) is 5.06. The van der Waals surface area contributed by atoms with Gasteiger partial charge in [0, 0.05) is 5.41 Å². The molecule has 0 bridgehead atoms. The molecule has 1 aliphatic rings. The molecular weight excluding hydrogens is 386 g/mol. The van der Waals surface area contributed by atoms with Crippen LogP contribution >= 0.6 is 0 Å². The fourth-order valence-corrected chi connectivity index (χ4v) is 5.01. The van der Waals surface area contributed by atoms with Crippen molar-refractivity contribution in [3.63, 3.8) is 0 Å². The van der Waals surface area contributed by atoms with E-state index in [2.05, 4.69) is 20.4 Å². The number of rotatable bonds is 7. The summed E-state index contributed by atoms with van der Waals surface area (Å²) in [7, 11) is -2.50. The molecule has 29 heavy (non-hydrogen) atoms. The number of fused-ring (bicyclic) bond motifs is 1. The fraction of sp³-hybridized carbons (Fsp3) is 0.261. The highest BCUT2D eigenvalue weighted by Gasteiger charge is 2.33. The van der Waals surface area contributed by atoms with Crippen molar-refractivity contribution < 1.29 is 17.9 Å². The standard InChI is InChI=1S/C23H25NO4S/c1-5-14-24(29(26,27)19-12-10-18(28-4)11-13-19)22(25)15-17-16-23(2,3)21-9-7-6-8-20(17)21/h5-13,16H,1,14-15H2,2-4H3. The lowest BCUT2D eigenvalue weighted by Gasteiger charge is -2.22. The Kier molecular flexibility index (Phi) is 5.66. The molecule has 0 N–H and O–H groups in total. The predicted molar refractivity (Wildman–Crippen MR) is 114 cm³/mol.